The molecular weight excluding hydrogens is 400 g/mol. The largest absolute Gasteiger partial charge is 0.495 e. The van der Waals surface area contributed by atoms with E-state index in [1.54, 1.807) is 42.5 Å². The fourth-order valence-electron chi connectivity index (χ4n) is 3.12. The number of nitrogens with one attached hydrogen (secondary N) is 1. The van der Waals surface area contributed by atoms with E-state index in [0.29, 0.717) is 35.1 Å². The van der Waals surface area contributed by atoms with Crippen LogP contribution in [0.3, 0.4) is 0 Å². The fourth-order valence-corrected chi connectivity index (χ4v) is 4.90. The van der Waals surface area contributed by atoms with Gasteiger partial charge in [-0.25, -0.2) is 8.42 Å². The zero-order chi connectivity index (χ0) is 20.1. The third-order valence-electron chi connectivity index (χ3n) is 4.73. The number of carbonyl (C=O) groups excluding carboxylic acids is 1. The molecule has 3 rings (SSSR count). The van der Waals surface area contributed by atoms with Crippen LogP contribution in [0.2, 0.25) is 5.02 Å². The highest BCUT2D eigenvalue weighted by Gasteiger charge is 2.25. The van der Waals surface area contributed by atoms with Crippen LogP contribution in [0, 0.1) is 0 Å². The first kappa shape index (κ1) is 20.6. The molecule has 1 saturated heterocycles. The van der Waals surface area contributed by atoms with Crippen LogP contribution in [-0.4, -0.2) is 45.3 Å². The van der Waals surface area contributed by atoms with Crippen molar-refractivity contribution in [2.45, 2.75) is 24.2 Å². The predicted molar refractivity (Wildman–Crippen MR) is 110 cm³/mol. The Morgan fingerprint density at radius 1 is 1.11 bits per heavy atom. The summed E-state index contributed by atoms with van der Waals surface area (Å²) in [6.45, 7) is 1.21. The van der Waals surface area contributed by atoms with Crippen LogP contribution in [-0.2, 0) is 10.0 Å². The number of hydrogen-bond acceptors (Lipinski definition) is 5. The van der Waals surface area contributed by atoms with Crippen molar-refractivity contribution in [3.8, 4) is 5.75 Å². The predicted octanol–water partition coefficient (Wildman–Crippen LogP) is 3.82. The average molecular weight is 423 g/mol. The van der Waals surface area contributed by atoms with Gasteiger partial charge in [-0.3, -0.25) is 4.79 Å². The lowest BCUT2D eigenvalue weighted by atomic mass is 10.1. The first-order valence-corrected chi connectivity index (χ1v) is 10.9. The Morgan fingerprint density at radius 2 is 1.79 bits per heavy atom. The number of nitrogens with zero attached hydrogens (tertiary/aromatic N) is 1. The summed E-state index contributed by atoms with van der Waals surface area (Å²) >= 11 is 6.06. The molecule has 2 aromatic carbocycles. The van der Waals surface area contributed by atoms with Gasteiger partial charge in [-0.05, 0) is 55.3 Å². The highest BCUT2D eigenvalue weighted by Crippen LogP contribution is 2.25. The molecule has 0 radical (unpaired) electrons. The molecule has 0 aromatic heterocycles. The number of ether oxygens (including phenoxy) is 1. The molecule has 0 amide bonds. The van der Waals surface area contributed by atoms with Gasteiger partial charge >= 0.3 is 0 Å². The maximum absolute atomic E-state index is 12.7. The zero-order valence-corrected chi connectivity index (χ0v) is 17.2. The van der Waals surface area contributed by atoms with Gasteiger partial charge in [0, 0.05) is 24.3 Å². The fraction of sp³-hybridized carbons (Fsp3) is 0.350. The van der Waals surface area contributed by atoms with E-state index in [2.05, 4.69) is 5.32 Å². The number of Topliss-reactive ketones (excluding diaryl/α,β-unsaturated/α-hetero) is 1. The number of rotatable bonds is 7. The maximum Gasteiger partial charge on any atom is 0.243 e. The summed E-state index contributed by atoms with van der Waals surface area (Å²) in [5.74, 6) is 0.381. The number of anilines is 1. The minimum Gasteiger partial charge on any atom is -0.495 e. The van der Waals surface area contributed by atoms with E-state index in [1.165, 1.54) is 11.4 Å². The second-order valence-corrected chi connectivity index (χ2v) is 8.96. The lowest BCUT2D eigenvalue weighted by Crippen LogP contribution is -2.35. The number of piperidine rings is 1. The molecule has 1 aliphatic rings. The Kier molecular flexibility index (Phi) is 6.59. The standard InChI is InChI=1S/C20H23ClN2O4S/c1-27-20-10-5-15(13-18(20)21)19(24)14-22-16-6-8-17(9-7-16)28(25,26)23-11-3-2-4-12-23/h5-10,13,22H,2-4,11-12,14H2,1H3. The smallest absolute Gasteiger partial charge is 0.243 e. The average Bonchev–Trinajstić information content (AvgIpc) is 2.73. The van der Waals surface area contributed by atoms with Gasteiger partial charge in [-0.15, -0.1) is 0 Å². The molecule has 0 spiro atoms. The van der Waals surface area contributed by atoms with Crippen LogP contribution < -0.4 is 10.1 Å². The topological polar surface area (TPSA) is 75.7 Å². The molecule has 2 aromatic rings. The van der Waals surface area contributed by atoms with Crippen LogP contribution in [0.5, 0.6) is 5.75 Å². The number of sulfonamides is 1. The molecule has 0 bridgehead atoms. The molecule has 8 heteroatoms. The van der Waals surface area contributed by atoms with E-state index in [4.69, 9.17) is 16.3 Å². The Morgan fingerprint density at radius 3 is 2.39 bits per heavy atom. The first-order chi connectivity index (χ1) is 13.4. The number of methoxy groups -OCH3 is 1. The van der Waals surface area contributed by atoms with Gasteiger partial charge in [-0.2, -0.15) is 4.31 Å². The summed E-state index contributed by atoms with van der Waals surface area (Å²) in [5.41, 5.74) is 1.15. The number of ketones is 1. The van der Waals surface area contributed by atoms with Crippen molar-refractivity contribution in [1.29, 1.82) is 0 Å². The molecule has 0 saturated carbocycles. The summed E-state index contributed by atoms with van der Waals surface area (Å²) in [7, 11) is -1.94. The Balaban J connectivity index is 1.63. The van der Waals surface area contributed by atoms with Crippen molar-refractivity contribution in [2.24, 2.45) is 0 Å². The van der Waals surface area contributed by atoms with Gasteiger partial charge in [0.1, 0.15) is 5.75 Å². The van der Waals surface area contributed by atoms with Crippen LogP contribution in [0.1, 0.15) is 29.6 Å². The normalized spacial score (nSPS) is 15.2. The van der Waals surface area contributed by atoms with Gasteiger partial charge in [0.2, 0.25) is 10.0 Å². The molecule has 0 aliphatic carbocycles. The third kappa shape index (κ3) is 4.66. The minimum atomic E-state index is -3.45. The van der Waals surface area contributed by atoms with Gasteiger partial charge in [0.05, 0.1) is 23.6 Å². The lowest BCUT2D eigenvalue weighted by molar-refractivity contribution is 0.101. The second-order valence-electron chi connectivity index (χ2n) is 6.62. The zero-order valence-electron chi connectivity index (χ0n) is 15.7. The Hall–Kier alpha value is -2.09. The van der Waals surface area contributed by atoms with Crippen molar-refractivity contribution in [3.05, 3.63) is 53.1 Å². The van der Waals surface area contributed by atoms with Crippen molar-refractivity contribution in [2.75, 3.05) is 32.1 Å². The molecule has 0 unspecified atom stereocenters. The summed E-state index contributed by atoms with van der Waals surface area (Å²) in [4.78, 5) is 12.6. The molecular formula is C20H23ClN2O4S. The van der Waals surface area contributed by atoms with Gasteiger partial charge in [-0.1, -0.05) is 18.0 Å². The molecule has 1 heterocycles. The minimum absolute atomic E-state index is 0.0703. The van der Waals surface area contributed by atoms with Gasteiger partial charge < -0.3 is 10.1 Å². The molecule has 0 atom stereocenters. The molecule has 6 nitrogen and oxygen atoms in total. The highest BCUT2D eigenvalue weighted by atomic mass is 35.5. The summed E-state index contributed by atoms with van der Waals surface area (Å²) in [6.07, 6.45) is 2.87. The molecule has 1 aliphatic heterocycles. The summed E-state index contributed by atoms with van der Waals surface area (Å²) in [6, 6.07) is 11.4. The van der Waals surface area contributed by atoms with Crippen LogP contribution in [0.25, 0.3) is 0 Å². The van der Waals surface area contributed by atoms with E-state index >= 15 is 0 Å². The second kappa shape index (κ2) is 8.94. The third-order valence-corrected chi connectivity index (χ3v) is 6.94. The highest BCUT2D eigenvalue weighted by molar-refractivity contribution is 7.89. The Bertz CT molecular complexity index is 939. The van der Waals surface area contributed by atoms with Crippen LogP contribution >= 0.6 is 11.6 Å². The van der Waals surface area contributed by atoms with E-state index in [1.807, 2.05) is 0 Å². The first-order valence-electron chi connectivity index (χ1n) is 9.12. The quantitative estimate of drug-likeness (QED) is 0.686. The van der Waals surface area contributed by atoms with E-state index < -0.39 is 10.0 Å². The Labute approximate surface area is 170 Å². The number of benzene rings is 2. The van der Waals surface area contributed by atoms with Crippen LogP contribution in [0.4, 0.5) is 5.69 Å². The summed E-state index contributed by atoms with van der Waals surface area (Å²) < 4.78 is 31.9. The summed E-state index contributed by atoms with van der Waals surface area (Å²) in [5, 5.41) is 3.39. The van der Waals surface area contributed by atoms with E-state index in [-0.39, 0.29) is 17.2 Å². The van der Waals surface area contributed by atoms with E-state index in [9.17, 15) is 13.2 Å². The number of hydrogen-bond donors (Lipinski definition) is 1. The van der Waals surface area contributed by atoms with Gasteiger partial charge in [0.25, 0.3) is 0 Å². The van der Waals surface area contributed by atoms with E-state index in [0.717, 1.165) is 19.3 Å². The molecule has 1 fully saturated rings. The SMILES string of the molecule is COc1ccc(C(=O)CNc2ccc(S(=O)(=O)N3CCCCC3)cc2)cc1Cl. The van der Waals surface area contributed by atoms with Crippen molar-refractivity contribution in [3.63, 3.8) is 0 Å². The molecule has 28 heavy (non-hydrogen) atoms. The number of halogens is 1. The van der Waals surface area contributed by atoms with Crippen molar-refractivity contribution in [1.82, 2.24) is 4.31 Å². The van der Waals surface area contributed by atoms with Gasteiger partial charge in [0.15, 0.2) is 5.78 Å². The molecule has 150 valence electrons. The van der Waals surface area contributed by atoms with Crippen LogP contribution in [0.15, 0.2) is 47.4 Å². The number of carbonyl (C=O) groups is 1. The van der Waals surface area contributed by atoms with Crippen molar-refractivity contribution >= 4 is 33.1 Å². The monoisotopic (exact) mass is 422 g/mol. The molecule has 1 N–H and O–H groups in total. The lowest BCUT2D eigenvalue weighted by Gasteiger charge is -2.25. The maximum atomic E-state index is 12.7. The van der Waals surface area contributed by atoms with Crippen molar-refractivity contribution < 1.29 is 17.9 Å².